The number of carbonyl (C=O) groups excluding carboxylic acids is 1. The van der Waals surface area contributed by atoms with Gasteiger partial charge >= 0.3 is 0 Å². The summed E-state index contributed by atoms with van der Waals surface area (Å²) in [6.07, 6.45) is 3.97. The third-order valence-electron chi connectivity index (χ3n) is 4.34. The molecule has 0 aromatic heterocycles. The second-order valence-corrected chi connectivity index (χ2v) is 7.67. The molecule has 25 heavy (non-hydrogen) atoms. The van der Waals surface area contributed by atoms with E-state index in [0.29, 0.717) is 27.3 Å². The van der Waals surface area contributed by atoms with Crippen molar-refractivity contribution in [3.63, 3.8) is 0 Å². The van der Waals surface area contributed by atoms with Gasteiger partial charge in [0.15, 0.2) is 11.5 Å². The molecule has 134 valence electrons. The van der Waals surface area contributed by atoms with Crippen LogP contribution < -0.4 is 9.47 Å². The molecule has 2 fully saturated rings. The van der Waals surface area contributed by atoms with Gasteiger partial charge in [-0.25, -0.2) is 0 Å². The molecule has 0 bridgehead atoms. The lowest BCUT2D eigenvalue weighted by molar-refractivity contribution is -0.123. The normalized spacial score (nSPS) is 22.1. The maximum absolute atomic E-state index is 12.7. The number of ether oxygens (including phenoxy) is 3. The van der Waals surface area contributed by atoms with Gasteiger partial charge in [0.25, 0.3) is 5.91 Å². The van der Waals surface area contributed by atoms with Crippen LogP contribution in [-0.4, -0.2) is 48.6 Å². The number of nitrogens with zero attached hydrogens (tertiary/aromatic N) is 1. The summed E-state index contributed by atoms with van der Waals surface area (Å²) in [7, 11) is 3.20. The smallest absolute Gasteiger partial charge is 0.266 e. The van der Waals surface area contributed by atoms with Gasteiger partial charge in [-0.3, -0.25) is 9.69 Å². The minimum absolute atomic E-state index is 0.0558. The summed E-state index contributed by atoms with van der Waals surface area (Å²) in [6.45, 7) is 3.27. The lowest BCUT2D eigenvalue weighted by atomic mass is 10.1. The van der Waals surface area contributed by atoms with E-state index in [9.17, 15) is 4.79 Å². The second kappa shape index (κ2) is 7.76. The third kappa shape index (κ3) is 3.83. The van der Waals surface area contributed by atoms with Crippen LogP contribution in [0.25, 0.3) is 6.08 Å². The van der Waals surface area contributed by atoms with Gasteiger partial charge in [-0.05, 0) is 49.1 Å². The fourth-order valence-electron chi connectivity index (χ4n) is 2.94. The van der Waals surface area contributed by atoms with Crippen LogP contribution in [0.2, 0.25) is 0 Å². The number of aryl methyl sites for hydroxylation is 1. The average Bonchev–Trinajstić information content (AvgIpc) is 3.20. The Morgan fingerprint density at radius 3 is 2.72 bits per heavy atom. The molecule has 1 aromatic carbocycles. The van der Waals surface area contributed by atoms with Gasteiger partial charge in [-0.15, -0.1) is 0 Å². The maximum atomic E-state index is 12.7. The topological polar surface area (TPSA) is 48.0 Å². The van der Waals surface area contributed by atoms with E-state index in [2.05, 4.69) is 0 Å². The van der Waals surface area contributed by atoms with Crippen molar-refractivity contribution in [2.24, 2.45) is 0 Å². The summed E-state index contributed by atoms with van der Waals surface area (Å²) in [4.78, 5) is 15.0. The summed E-state index contributed by atoms with van der Waals surface area (Å²) in [5, 5.41) is 0. The van der Waals surface area contributed by atoms with Crippen molar-refractivity contribution in [2.45, 2.75) is 25.9 Å². The molecule has 0 saturated carbocycles. The van der Waals surface area contributed by atoms with E-state index in [4.69, 9.17) is 26.4 Å². The summed E-state index contributed by atoms with van der Waals surface area (Å²) in [6, 6.07) is 3.78. The molecular weight excluding hydrogens is 358 g/mol. The van der Waals surface area contributed by atoms with Crippen LogP contribution in [0.15, 0.2) is 17.0 Å². The molecule has 0 aliphatic carbocycles. The first-order valence-electron chi connectivity index (χ1n) is 8.13. The van der Waals surface area contributed by atoms with Crippen molar-refractivity contribution in [3.05, 3.63) is 28.2 Å². The quantitative estimate of drug-likeness (QED) is 0.577. The molecule has 2 aliphatic rings. The zero-order valence-electron chi connectivity index (χ0n) is 14.5. The SMILES string of the molecule is COc1cc(C)c(/C=C2\SC(=S)N(C[C@@H]3CCCO3)C2=O)cc1OC. The van der Waals surface area contributed by atoms with Crippen LogP contribution in [0.5, 0.6) is 11.5 Å². The molecule has 2 saturated heterocycles. The number of thiocarbonyl (C=S) groups is 1. The first-order chi connectivity index (χ1) is 12.0. The molecule has 0 radical (unpaired) electrons. The number of hydrogen-bond donors (Lipinski definition) is 0. The zero-order valence-corrected chi connectivity index (χ0v) is 16.2. The molecule has 1 aromatic rings. The summed E-state index contributed by atoms with van der Waals surface area (Å²) in [5.74, 6) is 1.25. The van der Waals surface area contributed by atoms with Crippen LogP contribution in [0.1, 0.15) is 24.0 Å². The van der Waals surface area contributed by atoms with Crippen molar-refractivity contribution in [1.82, 2.24) is 4.90 Å². The minimum Gasteiger partial charge on any atom is -0.493 e. The highest BCUT2D eigenvalue weighted by Gasteiger charge is 2.34. The molecule has 0 spiro atoms. The van der Waals surface area contributed by atoms with Crippen LogP contribution in [0.4, 0.5) is 0 Å². The molecule has 7 heteroatoms. The number of amides is 1. The van der Waals surface area contributed by atoms with E-state index in [1.807, 2.05) is 25.1 Å². The molecule has 1 atom stereocenters. The Kier molecular flexibility index (Phi) is 5.66. The first-order valence-corrected chi connectivity index (χ1v) is 9.35. The zero-order chi connectivity index (χ0) is 18.0. The van der Waals surface area contributed by atoms with Crippen LogP contribution in [0, 0.1) is 6.92 Å². The minimum atomic E-state index is -0.0558. The Morgan fingerprint density at radius 2 is 2.08 bits per heavy atom. The number of carbonyl (C=O) groups is 1. The number of hydrogen-bond acceptors (Lipinski definition) is 6. The van der Waals surface area contributed by atoms with Gasteiger partial charge in [0.05, 0.1) is 31.8 Å². The Bertz CT molecular complexity index is 726. The van der Waals surface area contributed by atoms with Gasteiger partial charge in [0, 0.05) is 6.61 Å². The molecule has 3 rings (SSSR count). The van der Waals surface area contributed by atoms with Gasteiger partial charge in [-0.1, -0.05) is 24.0 Å². The average molecular weight is 380 g/mol. The fraction of sp³-hybridized carbons (Fsp3) is 0.444. The highest BCUT2D eigenvalue weighted by molar-refractivity contribution is 8.26. The Balaban J connectivity index is 1.84. The van der Waals surface area contributed by atoms with Crippen molar-refractivity contribution in [3.8, 4) is 11.5 Å². The summed E-state index contributed by atoms with van der Waals surface area (Å²) in [5.41, 5.74) is 1.91. The number of benzene rings is 1. The van der Waals surface area contributed by atoms with E-state index in [1.165, 1.54) is 11.8 Å². The van der Waals surface area contributed by atoms with Crippen LogP contribution in [-0.2, 0) is 9.53 Å². The van der Waals surface area contributed by atoms with E-state index < -0.39 is 0 Å². The van der Waals surface area contributed by atoms with Crippen molar-refractivity contribution >= 4 is 40.3 Å². The van der Waals surface area contributed by atoms with E-state index >= 15 is 0 Å². The third-order valence-corrected chi connectivity index (χ3v) is 5.72. The second-order valence-electron chi connectivity index (χ2n) is 5.99. The van der Waals surface area contributed by atoms with Gasteiger partial charge < -0.3 is 14.2 Å². The van der Waals surface area contributed by atoms with E-state index in [0.717, 1.165) is 30.6 Å². The fourth-order valence-corrected chi connectivity index (χ4v) is 4.21. The molecular formula is C18H21NO4S2. The molecule has 5 nitrogen and oxygen atoms in total. The molecule has 2 aliphatic heterocycles. The van der Waals surface area contributed by atoms with E-state index in [-0.39, 0.29) is 12.0 Å². The van der Waals surface area contributed by atoms with Gasteiger partial charge in [0.1, 0.15) is 4.32 Å². The predicted molar refractivity (Wildman–Crippen MR) is 103 cm³/mol. The Morgan fingerprint density at radius 1 is 1.36 bits per heavy atom. The molecule has 0 unspecified atom stereocenters. The van der Waals surface area contributed by atoms with Crippen molar-refractivity contribution in [2.75, 3.05) is 27.4 Å². The predicted octanol–water partition coefficient (Wildman–Crippen LogP) is 3.39. The maximum Gasteiger partial charge on any atom is 0.266 e. The Hall–Kier alpha value is -1.57. The van der Waals surface area contributed by atoms with Crippen molar-refractivity contribution in [1.29, 1.82) is 0 Å². The van der Waals surface area contributed by atoms with Gasteiger partial charge in [0.2, 0.25) is 0 Å². The lowest BCUT2D eigenvalue weighted by Gasteiger charge is -2.18. The standard InChI is InChI=1S/C18H21NO4S2/c1-11-7-14(21-2)15(22-3)8-12(11)9-16-17(20)19(18(24)25-16)10-13-5-4-6-23-13/h7-9,13H,4-6,10H2,1-3H3/b16-9-/t13-/m0/s1. The molecule has 0 N–H and O–H groups in total. The Labute approximate surface area is 157 Å². The van der Waals surface area contributed by atoms with E-state index in [1.54, 1.807) is 19.1 Å². The largest absolute Gasteiger partial charge is 0.493 e. The summed E-state index contributed by atoms with van der Waals surface area (Å²) < 4.78 is 16.9. The highest BCUT2D eigenvalue weighted by atomic mass is 32.2. The molecule has 2 heterocycles. The summed E-state index contributed by atoms with van der Waals surface area (Å²) >= 11 is 6.73. The van der Waals surface area contributed by atoms with Crippen LogP contribution >= 0.6 is 24.0 Å². The van der Waals surface area contributed by atoms with Crippen LogP contribution in [0.3, 0.4) is 0 Å². The van der Waals surface area contributed by atoms with Crippen molar-refractivity contribution < 1.29 is 19.0 Å². The number of rotatable bonds is 5. The van der Waals surface area contributed by atoms with Gasteiger partial charge in [-0.2, -0.15) is 0 Å². The monoisotopic (exact) mass is 379 g/mol. The highest BCUT2D eigenvalue weighted by Crippen LogP contribution is 2.36. The molecule has 1 amide bonds. The lowest BCUT2D eigenvalue weighted by Crippen LogP contribution is -2.35. The number of methoxy groups -OCH3 is 2. The first kappa shape index (κ1) is 18.2. The number of thioether (sulfide) groups is 1.